The third-order valence-electron chi connectivity index (χ3n) is 4.87. The molecule has 1 fully saturated rings. The Bertz CT molecular complexity index is 854. The van der Waals surface area contributed by atoms with Crippen LogP contribution in [-0.2, 0) is 24.3 Å². The number of sulfonamides is 1. The molecule has 1 saturated heterocycles. The van der Waals surface area contributed by atoms with E-state index in [-0.39, 0.29) is 29.6 Å². The van der Waals surface area contributed by atoms with Gasteiger partial charge in [-0.3, -0.25) is 14.9 Å². The molecule has 0 spiro atoms. The number of nitro groups is 1. The van der Waals surface area contributed by atoms with Gasteiger partial charge in [0.1, 0.15) is 6.04 Å². The standard InChI is InChI=1S/C17H23N3O7S/c1-4-12(2)16(17(22)27-3)19-10-9-18(11-15(19)21)28(25,26)14-7-5-13(6-8-14)20(23)24/h5-8,12,16H,4,9-11H2,1-3H3/t12-,16-/m0/s1. The molecular weight excluding hydrogens is 390 g/mol. The Morgan fingerprint density at radius 1 is 1.29 bits per heavy atom. The molecule has 1 aromatic carbocycles. The van der Waals surface area contributed by atoms with E-state index in [1.54, 1.807) is 0 Å². The molecule has 0 unspecified atom stereocenters. The van der Waals surface area contributed by atoms with Gasteiger partial charge < -0.3 is 9.64 Å². The maximum Gasteiger partial charge on any atom is 0.328 e. The number of amides is 1. The van der Waals surface area contributed by atoms with E-state index in [1.807, 2.05) is 13.8 Å². The van der Waals surface area contributed by atoms with Crippen molar-refractivity contribution in [1.82, 2.24) is 9.21 Å². The molecule has 0 bridgehead atoms. The number of esters is 1. The van der Waals surface area contributed by atoms with Gasteiger partial charge in [-0.15, -0.1) is 0 Å². The second-order valence-corrected chi connectivity index (χ2v) is 8.47. The Kier molecular flexibility index (Phi) is 6.73. The first-order valence-electron chi connectivity index (χ1n) is 8.75. The Labute approximate surface area is 163 Å². The zero-order valence-corrected chi connectivity index (χ0v) is 16.7. The Hall–Kier alpha value is -2.53. The van der Waals surface area contributed by atoms with E-state index in [9.17, 15) is 28.1 Å². The fraction of sp³-hybridized carbons (Fsp3) is 0.529. The normalized spacial score (nSPS) is 17.8. The lowest BCUT2D eigenvalue weighted by molar-refractivity contribution is -0.384. The van der Waals surface area contributed by atoms with Crippen LogP contribution in [0.15, 0.2) is 29.2 Å². The van der Waals surface area contributed by atoms with Gasteiger partial charge in [-0.25, -0.2) is 13.2 Å². The molecule has 2 rings (SSSR count). The van der Waals surface area contributed by atoms with E-state index < -0.39 is 39.4 Å². The van der Waals surface area contributed by atoms with Crippen molar-refractivity contribution < 1.29 is 27.7 Å². The number of hydrogen-bond donors (Lipinski definition) is 0. The molecule has 11 heteroatoms. The maximum absolute atomic E-state index is 12.8. The number of ether oxygens (including phenoxy) is 1. The van der Waals surface area contributed by atoms with Gasteiger partial charge in [-0.2, -0.15) is 4.31 Å². The summed E-state index contributed by atoms with van der Waals surface area (Å²) in [7, 11) is -2.74. The summed E-state index contributed by atoms with van der Waals surface area (Å²) in [6.45, 7) is 3.36. The van der Waals surface area contributed by atoms with Crippen LogP contribution in [0.3, 0.4) is 0 Å². The van der Waals surface area contributed by atoms with E-state index in [2.05, 4.69) is 0 Å². The van der Waals surface area contributed by atoms with Crippen LogP contribution in [0, 0.1) is 16.0 Å². The fourth-order valence-corrected chi connectivity index (χ4v) is 4.44. The molecule has 1 aliphatic heterocycles. The van der Waals surface area contributed by atoms with E-state index >= 15 is 0 Å². The molecule has 0 N–H and O–H groups in total. The van der Waals surface area contributed by atoms with Gasteiger partial charge in [-0.05, 0) is 18.1 Å². The number of carbonyl (C=O) groups is 2. The predicted molar refractivity (Wildman–Crippen MR) is 98.8 cm³/mol. The van der Waals surface area contributed by atoms with Crippen LogP contribution in [0.1, 0.15) is 20.3 Å². The molecule has 0 saturated carbocycles. The first-order chi connectivity index (χ1) is 13.1. The minimum Gasteiger partial charge on any atom is -0.467 e. The van der Waals surface area contributed by atoms with E-state index in [0.29, 0.717) is 6.42 Å². The van der Waals surface area contributed by atoms with E-state index in [0.717, 1.165) is 28.6 Å². The molecular formula is C17H23N3O7S. The number of piperazine rings is 1. The van der Waals surface area contributed by atoms with Crippen LogP contribution in [0.5, 0.6) is 0 Å². The van der Waals surface area contributed by atoms with Gasteiger partial charge in [0, 0.05) is 25.2 Å². The highest BCUT2D eigenvalue weighted by Gasteiger charge is 2.40. The Balaban J connectivity index is 2.20. The zero-order chi connectivity index (χ0) is 21.1. The van der Waals surface area contributed by atoms with Gasteiger partial charge in [0.15, 0.2) is 0 Å². The van der Waals surface area contributed by atoms with Gasteiger partial charge in [0.25, 0.3) is 5.69 Å². The minimum absolute atomic E-state index is 0.00892. The van der Waals surface area contributed by atoms with Crippen molar-refractivity contribution >= 4 is 27.6 Å². The van der Waals surface area contributed by atoms with Crippen molar-refractivity contribution in [3.63, 3.8) is 0 Å². The van der Waals surface area contributed by atoms with Gasteiger partial charge in [0.05, 0.1) is 23.5 Å². The second-order valence-electron chi connectivity index (χ2n) is 6.53. The number of hydrogen-bond acceptors (Lipinski definition) is 7. The first-order valence-corrected chi connectivity index (χ1v) is 10.2. The molecule has 10 nitrogen and oxygen atoms in total. The Morgan fingerprint density at radius 2 is 1.89 bits per heavy atom. The third-order valence-corrected chi connectivity index (χ3v) is 6.73. The molecule has 2 atom stereocenters. The number of non-ortho nitro benzene ring substituents is 1. The summed E-state index contributed by atoms with van der Waals surface area (Å²) in [5, 5.41) is 10.7. The molecule has 1 aliphatic rings. The monoisotopic (exact) mass is 413 g/mol. The average Bonchev–Trinajstić information content (AvgIpc) is 2.68. The second kappa shape index (κ2) is 8.65. The van der Waals surface area contributed by atoms with Crippen LogP contribution in [0.4, 0.5) is 5.69 Å². The summed E-state index contributed by atoms with van der Waals surface area (Å²) in [4.78, 5) is 36.1. The number of methoxy groups -OCH3 is 1. The SMILES string of the molecule is CC[C@H](C)[C@@H](C(=O)OC)N1CCN(S(=O)(=O)c2ccc([N+](=O)[O-])cc2)CC1=O. The average molecular weight is 413 g/mol. The molecule has 28 heavy (non-hydrogen) atoms. The molecule has 154 valence electrons. The highest BCUT2D eigenvalue weighted by Crippen LogP contribution is 2.24. The van der Waals surface area contributed by atoms with Gasteiger partial charge >= 0.3 is 5.97 Å². The summed E-state index contributed by atoms with van der Waals surface area (Å²) in [6, 6.07) is 3.70. The summed E-state index contributed by atoms with van der Waals surface area (Å²) in [6.07, 6.45) is 0.647. The van der Waals surface area contributed by atoms with Crippen LogP contribution in [-0.4, -0.2) is 67.2 Å². The zero-order valence-electron chi connectivity index (χ0n) is 15.9. The lowest BCUT2D eigenvalue weighted by atomic mass is 9.97. The molecule has 0 aliphatic carbocycles. The van der Waals surface area contributed by atoms with Crippen molar-refractivity contribution in [2.24, 2.45) is 5.92 Å². The summed E-state index contributed by atoms with van der Waals surface area (Å²) < 4.78 is 31.4. The third kappa shape index (κ3) is 4.30. The summed E-state index contributed by atoms with van der Waals surface area (Å²) >= 11 is 0. The largest absolute Gasteiger partial charge is 0.467 e. The number of nitrogens with zero attached hydrogens (tertiary/aromatic N) is 3. The molecule has 0 aromatic heterocycles. The number of carbonyl (C=O) groups excluding carboxylic acids is 2. The lowest BCUT2D eigenvalue weighted by Gasteiger charge is -2.39. The quantitative estimate of drug-likeness (QED) is 0.371. The maximum atomic E-state index is 12.8. The molecule has 0 radical (unpaired) electrons. The minimum atomic E-state index is -3.99. The van der Waals surface area contributed by atoms with Crippen LogP contribution < -0.4 is 0 Å². The van der Waals surface area contributed by atoms with Crippen molar-refractivity contribution in [2.75, 3.05) is 26.7 Å². The topological polar surface area (TPSA) is 127 Å². The van der Waals surface area contributed by atoms with E-state index in [1.165, 1.54) is 12.0 Å². The predicted octanol–water partition coefficient (Wildman–Crippen LogP) is 1.02. The van der Waals surface area contributed by atoms with Crippen molar-refractivity contribution in [3.8, 4) is 0 Å². The Morgan fingerprint density at radius 3 is 2.36 bits per heavy atom. The summed E-state index contributed by atoms with van der Waals surface area (Å²) in [5.74, 6) is -1.17. The first kappa shape index (κ1) is 21.8. The molecule has 1 amide bonds. The lowest BCUT2D eigenvalue weighted by Crippen LogP contribution is -2.58. The van der Waals surface area contributed by atoms with Gasteiger partial charge in [-0.1, -0.05) is 20.3 Å². The van der Waals surface area contributed by atoms with Crippen molar-refractivity contribution in [3.05, 3.63) is 34.4 Å². The van der Waals surface area contributed by atoms with E-state index in [4.69, 9.17) is 4.74 Å². The van der Waals surface area contributed by atoms with Crippen LogP contribution >= 0.6 is 0 Å². The molecule has 1 heterocycles. The van der Waals surface area contributed by atoms with Crippen molar-refractivity contribution in [1.29, 1.82) is 0 Å². The smallest absolute Gasteiger partial charge is 0.328 e. The fourth-order valence-electron chi connectivity index (χ4n) is 3.06. The molecule has 1 aromatic rings. The highest BCUT2D eigenvalue weighted by molar-refractivity contribution is 7.89. The summed E-state index contributed by atoms with van der Waals surface area (Å²) in [5.41, 5.74) is -0.227. The van der Waals surface area contributed by atoms with Gasteiger partial charge in [0.2, 0.25) is 15.9 Å². The van der Waals surface area contributed by atoms with Crippen LogP contribution in [0.25, 0.3) is 0 Å². The number of nitro benzene ring substituents is 1. The highest BCUT2D eigenvalue weighted by atomic mass is 32.2. The number of rotatable bonds is 7. The van der Waals surface area contributed by atoms with Crippen molar-refractivity contribution in [2.45, 2.75) is 31.2 Å². The van der Waals surface area contributed by atoms with Crippen LogP contribution in [0.2, 0.25) is 0 Å². The number of benzene rings is 1.